The molecule has 2 N–H and O–H groups in total. The monoisotopic (exact) mass is 283 g/mol. The molecule has 0 spiro atoms. The zero-order chi connectivity index (χ0) is 14.9. The molecule has 4 nitrogen and oxygen atoms in total. The number of rotatable bonds is 2. The maximum Gasteiger partial charge on any atom is 0.416 e. The lowest BCUT2D eigenvalue weighted by Gasteiger charge is -2.12. The van der Waals surface area contributed by atoms with Crippen LogP contribution in [0.3, 0.4) is 0 Å². The summed E-state index contributed by atoms with van der Waals surface area (Å²) in [5, 5.41) is 8.76. The van der Waals surface area contributed by atoms with Crippen molar-refractivity contribution in [2.24, 2.45) is 0 Å². The fraction of sp³-hybridized carbons (Fsp3) is 0.231. The summed E-state index contributed by atoms with van der Waals surface area (Å²) < 4.78 is 37.9. The number of halogens is 3. The van der Waals surface area contributed by atoms with Crippen LogP contribution in [0.2, 0.25) is 0 Å². The van der Waals surface area contributed by atoms with Crippen LogP contribution in [0.5, 0.6) is 0 Å². The number of benzene rings is 1. The van der Waals surface area contributed by atoms with Gasteiger partial charge in [0.15, 0.2) is 0 Å². The lowest BCUT2D eigenvalue weighted by molar-refractivity contribution is -0.137. The van der Waals surface area contributed by atoms with Gasteiger partial charge < -0.3 is 5.32 Å². The van der Waals surface area contributed by atoms with Gasteiger partial charge in [-0.05, 0) is 31.5 Å². The van der Waals surface area contributed by atoms with Crippen molar-refractivity contribution in [3.8, 4) is 0 Å². The van der Waals surface area contributed by atoms with Gasteiger partial charge in [-0.15, -0.1) is 0 Å². The third kappa shape index (κ3) is 2.81. The maximum atomic E-state index is 12.6. The average Bonchev–Trinajstić information content (AvgIpc) is 2.77. The summed E-state index contributed by atoms with van der Waals surface area (Å²) in [7, 11) is 0. The topological polar surface area (TPSA) is 57.8 Å². The molecular formula is C13H12F3N3O. The van der Waals surface area contributed by atoms with Crippen LogP contribution in [0.4, 0.5) is 18.9 Å². The smallest absolute Gasteiger partial charge is 0.322 e. The van der Waals surface area contributed by atoms with Gasteiger partial charge in [0, 0.05) is 11.4 Å². The van der Waals surface area contributed by atoms with E-state index in [0.717, 1.165) is 12.1 Å². The molecule has 1 aromatic heterocycles. The first kappa shape index (κ1) is 14.1. The van der Waals surface area contributed by atoms with E-state index in [1.807, 2.05) is 0 Å². The van der Waals surface area contributed by atoms with E-state index in [2.05, 4.69) is 15.5 Å². The number of carbonyl (C=O) groups is 1. The minimum absolute atomic E-state index is 0.130. The number of alkyl halides is 3. The van der Waals surface area contributed by atoms with E-state index in [9.17, 15) is 18.0 Å². The van der Waals surface area contributed by atoms with Crippen LogP contribution in [-0.4, -0.2) is 16.1 Å². The highest BCUT2D eigenvalue weighted by molar-refractivity contribution is 6.05. The lowest BCUT2D eigenvalue weighted by atomic mass is 10.1. The zero-order valence-electron chi connectivity index (χ0n) is 10.8. The Labute approximate surface area is 113 Å². The van der Waals surface area contributed by atoms with Crippen molar-refractivity contribution in [3.63, 3.8) is 0 Å². The summed E-state index contributed by atoms with van der Waals surface area (Å²) >= 11 is 0. The number of hydrogen-bond donors (Lipinski definition) is 2. The molecular weight excluding hydrogens is 271 g/mol. The highest BCUT2D eigenvalue weighted by Crippen LogP contribution is 2.32. The van der Waals surface area contributed by atoms with Crippen LogP contribution in [0.1, 0.15) is 27.2 Å². The Morgan fingerprint density at radius 2 is 2.00 bits per heavy atom. The molecule has 2 rings (SSSR count). The van der Waals surface area contributed by atoms with Gasteiger partial charge in [0.25, 0.3) is 5.91 Å². The van der Waals surface area contributed by atoms with E-state index in [0.29, 0.717) is 16.8 Å². The average molecular weight is 283 g/mol. The number of aromatic nitrogens is 2. The Kier molecular flexibility index (Phi) is 3.52. The van der Waals surface area contributed by atoms with E-state index in [4.69, 9.17) is 0 Å². The molecule has 0 saturated heterocycles. The third-order valence-corrected chi connectivity index (χ3v) is 2.89. The van der Waals surface area contributed by atoms with Crippen LogP contribution < -0.4 is 5.32 Å². The second-order valence-electron chi connectivity index (χ2n) is 4.39. The minimum atomic E-state index is -4.45. The van der Waals surface area contributed by atoms with Gasteiger partial charge in [0.05, 0.1) is 17.3 Å². The van der Waals surface area contributed by atoms with E-state index in [1.54, 1.807) is 13.8 Å². The van der Waals surface area contributed by atoms with Gasteiger partial charge in [-0.3, -0.25) is 9.89 Å². The molecule has 0 unspecified atom stereocenters. The third-order valence-electron chi connectivity index (χ3n) is 2.89. The van der Waals surface area contributed by atoms with E-state index < -0.39 is 17.6 Å². The van der Waals surface area contributed by atoms with E-state index in [-0.39, 0.29) is 5.69 Å². The molecule has 2 aromatic rings. The Balaban J connectivity index is 2.30. The van der Waals surface area contributed by atoms with Crippen molar-refractivity contribution in [2.75, 3.05) is 5.32 Å². The Morgan fingerprint density at radius 3 is 2.55 bits per heavy atom. The number of nitrogens with zero attached hydrogens (tertiary/aromatic N) is 1. The molecule has 0 radical (unpaired) electrons. The quantitative estimate of drug-likeness (QED) is 0.888. The van der Waals surface area contributed by atoms with Crippen molar-refractivity contribution in [3.05, 3.63) is 46.8 Å². The molecule has 1 amide bonds. The molecule has 0 bridgehead atoms. The van der Waals surface area contributed by atoms with Gasteiger partial charge in [-0.25, -0.2) is 0 Å². The first-order valence-electron chi connectivity index (χ1n) is 5.78. The Morgan fingerprint density at radius 1 is 1.30 bits per heavy atom. The van der Waals surface area contributed by atoms with Gasteiger partial charge >= 0.3 is 6.18 Å². The fourth-order valence-corrected chi connectivity index (χ4v) is 1.70. The first-order chi connectivity index (χ1) is 9.29. The fourth-order valence-electron chi connectivity index (χ4n) is 1.70. The largest absolute Gasteiger partial charge is 0.416 e. The highest BCUT2D eigenvalue weighted by atomic mass is 19.4. The molecule has 0 aliphatic carbocycles. The number of H-pyrrole nitrogens is 1. The predicted molar refractivity (Wildman–Crippen MR) is 67.5 cm³/mol. The lowest BCUT2D eigenvalue weighted by Crippen LogP contribution is -2.14. The molecule has 0 saturated carbocycles. The Hall–Kier alpha value is -2.31. The molecule has 20 heavy (non-hydrogen) atoms. The molecule has 7 heteroatoms. The summed E-state index contributed by atoms with van der Waals surface area (Å²) in [6.07, 6.45) is -3.12. The summed E-state index contributed by atoms with van der Waals surface area (Å²) in [5.74, 6) is -0.501. The molecule has 0 atom stereocenters. The molecule has 0 fully saturated rings. The summed E-state index contributed by atoms with van der Waals surface area (Å²) in [4.78, 5) is 12.0. The predicted octanol–water partition coefficient (Wildman–Crippen LogP) is 3.30. The van der Waals surface area contributed by atoms with Crippen molar-refractivity contribution in [2.45, 2.75) is 20.0 Å². The van der Waals surface area contributed by atoms with Crippen molar-refractivity contribution >= 4 is 11.6 Å². The number of anilines is 1. The standard InChI is InChI=1S/C13H12F3N3O/c1-7-3-4-9(13(14,15)16)5-11(7)18-12(20)10-6-17-19-8(10)2/h3-6H,1-2H3,(H,17,19)(H,18,20). The first-order valence-corrected chi connectivity index (χ1v) is 5.78. The number of aryl methyl sites for hydroxylation is 2. The Bertz CT molecular complexity index is 647. The molecule has 1 heterocycles. The number of nitrogens with one attached hydrogen (secondary N) is 2. The summed E-state index contributed by atoms with van der Waals surface area (Å²) in [6, 6.07) is 3.22. The van der Waals surface area contributed by atoms with Gasteiger partial charge in [0.1, 0.15) is 0 Å². The van der Waals surface area contributed by atoms with Gasteiger partial charge in [-0.2, -0.15) is 18.3 Å². The van der Waals surface area contributed by atoms with Gasteiger partial charge in [0.2, 0.25) is 0 Å². The second kappa shape index (κ2) is 4.99. The van der Waals surface area contributed by atoms with Gasteiger partial charge in [-0.1, -0.05) is 6.07 Å². The van der Waals surface area contributed by atoms with Crippen molar-refractivity contribution < 1.29 is 18.0 Å². The second-order valence-corrected chi connectivity index (χ2v) is 4.39. The normalized spacial score (nSPS) is 11.4. The van der Waals surface area contributed by atoms with Crippen molar-refractivity contribution in [1.82, 2.24) is 10.2 Å². The van der Waals surface area contributed by atoms with Crippen LogP contribution >= 0.6 is 0 Å². The number of carbonyl (C=O) groups excluding carboxylic acids is 1. The SMILES string of the molecule is Cc1ccc(C(F)(F)F)cc1NC(=O)c1cn[nH]c1C. The highest BCUT2D eigenvalue weighted by Gasteiger charge is 2.31. The molecule has 0 aliphatic heterocycles. The van der Waals surface area contributed by atoms with Crippen LogP contribution in [-0.2, 0) is 6.18 Å². The minimum Gasteiger partial charge on any atom is -0.322 e. The van der Waals surface area contributed by atoms with Crippen LogP contribution in [0.25, 0.3) is 0 Å². The molecule has 0 aliphatic rings. The van der Waals surface area contributed by atoms with E-state index in [1.165, 1.54) is 12.3 Å². The van der Waals surface area contributed by atoms with Crippen molar-refractivity contribution in [1.29, 1.82) is 0 Å². The zero-order valence-corrected chi connectivity index (χ0v) is 10.8. The van der Waals surface area contributed by atoms with Crippen LogP contribution in [0, 0.1) is 13.8 Å². The molecule has 1 aromatic carbocycles. The summed E-state index contributed by atoms with van der Waals surface area (Å²) in [5.41, 5.74) is 0.717. The number of hydrogen-bond acceptors (Lipinski definition) is 2. The summed E-state index contributed by atoms with van der Waals surface area (Å²) in [6.45, 7) is 3.28. The number of aromatic amines is 1. The van der Waals surface area contributed by atoms with E-state index >= 15 is 0 Å². The number of amides is 1. The molecule has 106 valence electrons. The maximum absolute atomic E-state index is 12.6. The van der Waals surface area contributed by atoms with Crippen LogP contribution in [0.15, 0.2) is 24.4 Å².